The average Bonchev–Trinajstić information content (AvgIpc) is 2.14. The molecule has 0 atom stereocenters. The summed E-state index contributed by atoms with van der Waals surface area (Å²) in [5.41, 5.74) is 0. The monoisotopic (exact) mass is 446 g/mol. The summed E-state index contributed by atoms with van der Waals surface area (Å²) >= 11 is 0. The van der Waals surface area contributed by atoms with Crippen LogP contribution in [0, 0.1) is 0 Å². The summed E-state index contributed by atoms with van der Waals surface area (Å²) in [7, 11) is 0. The van der Waals surface area contributed by atoms with Gasteiger partial charge in [-0.1, -0.05) is 0 Å². The second-order valence-corrected chi connectivity index (χ2v) is 2.37. The van der Waals surface area contributed by atoms with Crippen LogP contribution in [0.2, 0.25) is 0 Å². The molecule has 16 heteroatoms. The molecule has 1 N–H and O–H groups in total. The van der Waals surface area contributed by atoms with Crippen molar-refractivity contribution in [2.75, 3.05) is 0 Å². The molecule has 0 heterocycles. The average molecular weight is 446 g/mol. The number of carbonyl (C=O) groups is 3. The number of rotatable bonds is 0. The van der Waals surface area contributed by atoms with Crippen LogP contribution in [0.25, 0.3) is 0 Å². The third kappa shape index (κ3) is 20.8. The van der Waals surface area contributed by atoms with E-state index in [0.717, 1.165) is 0 Å². The van der Waals surface area contributed by atoms with Gasteiger partial charge in [0.1, 0.15) is 11.9 Å². The maximum atomic E-state index is 10.6. The minimum Gasteiger partial charge on any atom is -0.542 e. The van der Waals surface area contributed by atoms with E-state index in [2.05, 4.69) is 0 Å². The summed E-state index contributed by atoms with van der Waals surface area (Å²) in [6.45, 7) is 0. The van der Waals surface area contributed by atoms with E-state index in [1.54, 1.807) is 0 Å². The normalized spacial score (nSPS) is 10.8. The van der Waals surface area contributed by atoms with Crippen LogP contribution in [0.1, 0.15) is 0 Å². The van der Waals surface area contributed by atoms with Gasteiger partial charge in [-0.05, 0) is 0 Å². The maximum Gasteiger partial charge on any atom is 2.00 e. The Kier molecular flexibility index (Phi) is 13.3. The smallest absolute Gasteiger partial charge is 0.542 e. The van der Waals surface area contributed by atoms with Gasteiger partial charge in [0, 0.05) is 0 Å². The van der Waals surface area contributed by atoms with E-state index in [1.165, 1.54) is 0 Å². The Labute approximate surface area is 127 Å². The van der Waals surface area contributed by atoms with Crippen LogP contribution in [0.5, 0.6) is 0 Å². The predicted octanol–water partition coefficient (Wildman–Crippen LogP) is -0.772. The van der Waals surface area contributed by atoms with E-state index in [1.807, 2.05) is 0 Å². The fourth-order valence-electron chi connectivity index (χ4n) is 0. The Morgan fingerprint density at radius 1 is 0.636 bits per heavy atom. The van der Waals surface area contributed by atoms with E-state index in [4.69, 9.17) is 29.7 Å². The number of halogens is 9. The molecule has 0 aromatic carbocycles. The Bertz CT molecular complexity index is 313. The molecule has 6 nitrogen and oxygen atoms in total. The van der Waals surface area contributed by atoms with Crippen LogP contribution in [0.4, 0.5) is 39.5 Å². The molecule has 0 aliphatic heterocycles. The van der Waals surface area contributed by atoms with Gasteiger partial charge in [0.15, 0.2) is 0 Å². The van der Waals surface area contributed by atoms with Gasteiger partial charge in [-0.2, -0.15) is 39.5 Å². The summed E-state index contributed by atoms with van der Waals surface area (Å²) in [4.78, 5) is 26.5. The fraction of sp³-hybridized carbons (Fsp3) is 0.500. The SMILES string of the molecule is O=C(O)C(F)(F)F.O=C([O-])C(F)(F)F.O=C([O-])C(F)(F)F.[Pd+2]. The molecular weight excluding hydrogens is 445 g/mol. The van der Waals surface area contributed by atoms with Gasteiger partial charge < -0.3 is 24.9 Å². The van der Waals surface area contributed by atoms with Crippen LogP contribution in [-0.2, 0) is 34.8 Å². The maximum absolute atomic E-state index is 10.6. The Hall–Kier alpha value is -1.56. The molecule has 0 bridgehead atoms. The minimum absolute atomic E-state index is 0. The van der Waals surface area contributed by atoms with Crippen molar-refractivity contribution in [1.82, 2.24) is 0 Å². The van der Waals surface area contributed by atoms with Crippen LogP contribution < -0.4 is 10.2 Å². The van der Waals surface area contributed by atoms with Crippen molar-refractivity contribution >= 4 is 17.9 Å². The number of hydrogen-bond acceptors (Lipinski definition) is 5. The van der Waals surface area contributed by atoms with Crippen molar-refractivity contribution in [1.29, 1.82) is 0 Å². The van der Waals surface area contributed by atoms with Gasteiger partial charge >= 0.3 is 44.9 Å². The molecule has 0 amide bonds. The summed E-state index contributed by atoms with van der Waals surface area (Å²) < 4.78 is 94.8. The van der Waals surface area contributed by atoms with Crippen LogP contribution >= 0.6 is 0 Å². The minimum atomic E-state index is -5.19. The van der Waals surface area contributed by atoms with E-state index < -0.39 is 36.4 Å². The standard InChI is InChI=1S/3C2HF3O2.Pd/c3*3-2(4,5)1(6)7;/h3*(H,6,7);/q;;;+2/p-2. The number of alkyl halides is 9. The van der Waals surface area contributed by atoms with Crippen molar-refractivity contribution in [3.63, 3.8) is 0 Å². The number of hydrogen-bond donors (Lipinski definition) is 1. The Morgan fingerprint density at radius 2 is 0.727 bits per heavy atom. The zero-order valence-corrected chi connectivity index (χ0v) is 10.8. The molecule has 0 rings (SSSR count). The van der Waals surface area contributed by atoms with E-state index in [0.29, 0.717) is 0 Å². The molecule has 0 aliphatic rings. The summed E-state index contributed by atoms with van der Waals surface area (Å²) in [5, 5.41) is 24.7. The molecule has 0 spiro atoms. The number of carboxylic acids is 3. The Morgan fingerprint density at radius 3 is 0.727 bits per heavy atom. The second-order valence-electron chi connectivity index (χ2n) is 2.37. The number of aliphatic carboxylic acids is 3. The molecule has 0 saturated heterocycles. The van der Waals surface area contributed by atoms with E-state index >= 15 is 0 Å². The first kappa shape index (κ1) is 28.6. The summed E-state index contributed by atoms with van der Waals surface area (Å²) in [6, 6.07) is 0. The van der Waals surface area contributed by atoms with Gasteiger partial charge in [0.2, 0.25) is 0 Å². The molecule has 0 unspecified atom stereocenters. The van der Waals surface area contributed by atoms with Crippen LogP contribution in [0.15, 0.2) is 0 Å². The molecular formula is C6HF9O6Pd. The predicted molar refractivity (Wildman–Crippen MR) is 35.8 cm³/mol. The molecule has 0 aromatic rings. The Balaban J connectivity index is -0.000000108. The van der Waals surface area contributed by atoms with Crippen LogP contribution in [-0.4, -0.2) is 41.5 Å². The molecule has 134 valence electrons. The fourth-order valence-corrected chi connectivity index (χ4v) is 0. The van der Waals surface area contributed by atoms with Gasteiger partial charge in [0.05, 0.1) is 0 Å². The van der Waals surface area contributed by atoms with Crippen molar-refractivity contribution in [3.05, 3.63) is 0 Å². The van der Waals surface area contributed by atoms with E-state index in [9.17, 15) is 39.5 Å². The number of carboxylic acid groups (broad SMARTS) is 3. The first-order valence-corrected chi connectivity index (χ1v) is 3.70. The van der Waals surface area contributed by atoms with Gasteiger partial charge in [-0.15, -0.1) is 0 Å². The molecule has 0 radical (unpaired) electrons. The van der Waals surface area contributed by atoms with Crippen LogP contribution in [0.3, 0.4) is 0 Å². The molecule has 0 aliphatic carbocycles. The largest absolute Gasteiger partial charge is 2.00 e. The molecule has 0 fully saturated rings. The third-order valence-electron chi connectivity index (χ3n) is 0.705. The zero-order valence-electron chi connectivity index (χ0n) is 9.21. The van der Waals surface area contributed by atoms with Crippen molar-refractivity contribution in [2.45, 2.75) is 18.5 Å². The second kappa shape index (κ2) is 10.2. The van der Waals surface area contributed by atoms with Gasteiger partial charge in [-0.25, -0.2) is 4.79 Å². The number of carbonyl (C=O) groups excluding carboxylic acids is 2. The van der Waals surface area contributed by atoms with Crippen molar-refractivity contribution in [3.8, 4) is 0 Å². The zero-order chi connectivity index (χ0) is 18.2. The van der Waals surface area contributed by atoms with Crippen molar-refractivity contribution in [2.24, 2.45) is 0 Å². The third-order valence-corrected chi connectivity index (χ3v) is 0.705. The van der Waals surface area contributed by atoms with E-state index in [-0.39, 0.29) is 20.4 Å². The van der Waals surface area contributed by atoms with Gasteiger partial charge in [0.25, 0.3) is 0 Å². The topological polar surface area (TPSA) is 118 Å². The van der Waals surface area contributed by atoms with Gasteiger partial charge in [-0.3, -0.25) is 0 Å². The summed E-state index contributed by atoms with van der Waals surface area (Å²) in [5.74, 6) is -8.77. The molecule has 22 heavy (non-hydrogen) atoms. The first-order valence-electron chi connectivity index (χ1n) is 3.70. The van der Waals surface area contributed by atoms with Crippen molar-refractivity contribution < 1.29 is 89.6 Å². The molecule has 0 saturated carbocycles. The summed E-state index contributed by atoms with van der Waals surface area (Å²) in [6.07, 6.45) is -15.5. The first-order chi connectivity index (χ1) is 8.83. The quantitative estimate of drug-likeness (QED) is 0.386. The molecule has 0 aromatic heterocycles.